The number of hydrogen-bond donors (Lipinski definition) is 1. The van der Waals surface area contributed by atoms with Crippen molar-refractivity contribution in [2.45, 2.75) is 19.8 Å². The second-order valence-corrected chi connectivity index (χ2v) is 8.31. The molecule has 0 unspecified atom stereocenters. The smallest absolute Gasteiger partial charge is 0.232 e. The lowest BCUT2D eigenvalue weighted by atomic mass is 10.1. The van der Waals surface area contributed by atoms with E-state index in [2.05, 4.69) is 14.7 Å². The number of thiazole rings is 1. The van der Waals surface area contributed by atoms with Gasteiger partial charge in [0.2, 0.25) is 10.0 Å². The maximum atomic E-state index is 12.1. The molecule has 7 heteroatoms. The Bertz CT molecular complexity index is 938. The predicted octanol–water partition coefficient (Wildman–Crippen LogP) is 4.41. The summed E-state index contributed by atoms with van der Waals surface area (Å²) < 4.78 is 26.8. The molecule has 0 radical (unpaired) electrons. The van der Waals surface area contributed by atoms with Crippen LogP contribution in [0.1, 0.15) is 19.8 Å². The monoisotopic (exact) mass is 373 g/mol. The fourth-order valence-corrected chi connectivity index (χ4v) is 4.38. The molecule has 0 saturated carbocycles. The summed E-state index contributed by atoms with van der Waals surface area (Å²) in [4.78, 5) is 8.92. The van der Waals surface area contributed by atoms with Crippen LogP contribution in [0, 0.1) is 0 Å². The van der Waals surface area contributed by atoms with E-state index in [0.29, 0.717) is 12.1 Å². The van der Waals surface area contributed by atoms with Crippen molar-refractivity contribution in [3.8, 4) is 22.0 Å². The summed E-state index contributed by atoms with van der Waals surface area (Å²) in [6.45, 7) is 1.97. The first-order valence-corrected chi connectivity index (χ1v) is 10.6. The molecule has 130 valence electrons. The van der Waals surface area contributed by atoms with Crippen molar-refractivity contribution in [3.63, 3.8) is 0 Å². The summed E-state index contributed by atoms with van der Waals surface area (Å²) in [6.07, 6.45) is 3.23. The molecule has 1 N–H and O–H groups in total. The Morgan fingerprint density at radius 1 is 1.12 bits per heavy atom. The van der Waals surface area contributed by atoms with Gasteiger partial charge in [0.15, 0.2) is 0 Å². The molecule has 0 fully saturated rings. The fraction of sp³-hybridized carbons (Fsp3) is 0.222. The van der Waals surface area contributed by atoms with E-state index in [1.165, 1.54) is 11.3 Å². The number of aromatic nitrogens is 2. The first kappa shape index (κ1) is 17.6. The lowest BCUT2D eigenvalue weighted by Crippen LogP contribution is -2.16. The van der Waals surface area contributed by atoms with Crippen molar-refractivity contribution in [1.82, 2.24) is 9.97 Å². The second-order valence-electron chi connectivity index (χ2n) is 5.61. The zero-order valence-electron chi connectivity index (χ0n) is 13.8. The molecule has 2 heterocycles. The normalized spacial score (nSPS) is 11.4. The molecular weight excluding hydrogens is 354 g/mol. The average Bonchev–Trinajstić information content (AvgIpc) is 3.11. The Labute approximate surface area is 151 Å². The van der Waals surface area contributed by atoms with Crippen LogP contribution in [-0.2, 0) is 10.0 Å². The van der Waals surface area contributed by atoms with Gasteiger partial charge in [-0.05, 0) is 30.7 Å². The van der Waals surface area contributed by atoms with Crippen molar-refractivity contribution < 1.29 is 8.42 Å². The van der Waals surface area contributed by atoms with Gasteiger partial charge < -0.3 is 0 Å². The molecule has 3 rings (SSSR count). The zero-order valence-corrected chi connectivity index (χ0v) is 15.5. The third kappa shape index (κ3) is 4.64. The molecule has 0 aliphatic carbocycles. The third-order valence-electron chi connectivity index (χ3n) is 3.59. The van der Waals surface area contributed by atoms with Gasteiger partial charge in [-0.1, -0.05) is 31.5 Å². The first-order valence-electron chi connectivity index (χ1n) is 8.05. The van der Waals surface area contributed by atoms with Crippen LogP contribution in [0.5, 0.6) is 0 Å². The summed E-state index contributed by atoms with van der Waals surface area (Å²) in [7, 11) is -3.31. The minimum atomic E-state index is -3.31. The SMILES string of the molecule is CCCCS(=O)(=O)Nc1cccc(-c2csc(-c3ccccn3)n2)c1. The molecule has 0 saturated heterocycles. The Morgan fingerprint density at radius 3 is 2.76 bits per heavy atom. The first-order chi connectivity index (χ1) is 12.1. The number of nitrogens with zero attached hydrogens (tertiary/aromatic N) is 2. The highest BCUT2D eigenvalue weighted by atomic mass is 32.2. The number of rotatable bonds is 7. The maximum Gasteiger partial charge on any atom is 0.232 e. The van der Waals surface area contributed by atoms with Gasteiger partial charge in [-0.25, -0.2) is 13.4 Å². The lowest BCUT2D eigenvalue weighted by Gasteiger charge is -2.08. The molecule has 0 aliphatic rings. The molecule has 2 aromatic heterocycles. The summed E-state index contributed by atoms with van der Waals surface area (Å²) in [5.74, 6) is 0.133. The molecule has 0 amide bonds. The van der Waals surface area contributed by atoms with Gasteiger partial charge in [-0.3, -0.25) is 9.71 Å². The number of benzene rings is 1. The molecule has 0 bridgehead atoms. The topological polar surface area (TPSA) is 72.0 Å². The van der Waals surface area contributed by atoms with E-state index < -0.39 is 10.0 Å². The highest BCUT2D eigenvalue weighted by Crippen LogP contribution is 2.29. The molecular formula is C18H19N3O2S2. The maximum absolute atomic E-state index is 12.1. The van der Waals surface area contributed by atoms with Crippen LogP contribution < -0.4 is 4.72 Å². The van der Waals surface area contributed by atoms with E-state index in [0.717, 1.165) is 28.4 Å². The third-order valence-corrected chi connectivity index (χ3v) is 5.82. The molecule has 3 aromatic rings. The number of hydrogen-bond acceptors (Lipinski definition) is 5. The molecule has 0 spiro atoms. The van der Waals surface area contributed by atoms with Gasteiger partial charge in [0.25, 0.3) is 0 Å². The summed E-state index contributed by atoms with van der Waals surface area (Å²) in [5.41, 5.74) is 3.06. The quantitative estimate of drug-likeness (QED) is 0.666. The summed E-state index contributed by atoms with van der Waals surface area (Å²) in [6, 6.07) is 13.0. The van der Waals surface area contributed by atoms with Gasteiger partial charge in [0, 0.05) is 22.8 Å². The van der Waals surface area contributed by atoms with Crippen LogP contribution >= 0.6 is 11.3 Å². The Kier molecular flexibility index (Phi) is 5.45. The standard InChI is InChI=1S/C18H19N3O2S2/c1-2-3-11-25(22,23)21-15-8-6-7-14(12-15)17-13-24-18(20-17)16-9-4-5-10-19-16/h4-10,12-13,21H,2-3,11H2,1H3. The Balaban J connectivity index is 1.81. The van der Waals surface area contributed by atoms with Crippen molar-refractivity contribution >= 4 is 27.0 Å². The Morgan fingerprint density at radius 2 is 2.00 bits per heavy atom. The van der Waals surface area contributed by atoms with Gasteiger partial charge >= 0.3 is 0 Å². The minimum absolute atomic E-state index is 0.133. The summed E-state index contributed by atoms with van der Waals surface area (Å²) in [5, 5.41) is 2.79. The van der Waals surface area contributed by atoms with Crippen molar-refractivity contribution in [2.75, 3.05) is 10.5 Å². The van der Waals surface area contributed by atoms with E-state index in [-0.39, 0.29) is 5.75 Å². The van der Waals surface area contributed by atoms with E-state index in [1.54, 1.807) is 18.3 Å². The van der Waals surface area contributed by atoms with Crippen molar-refractivity contribution in [3.05, 3.63) is 54.0 Å². The van der Waals surface area contributed by atoms with Gasteiger partial charge in [0.05, 0.1) is 17.1 Å². The second kappa shape index (κ2) is 7.76. The highest BCUT2D eigenvalue weighted by Gasteiger charge is 2.11. The van der Waals surface area contributed by atoms with Gasteiger partial charge in [0.1, 0.15) is 5.01 Å². The fourth-order valence-electron chi connectivity index (χ4n) is 2.32. The lowest BCUT2D eigenvalue weighted by molar-refractivity contribution is 0.598. The van der Waals surface area contributed by atoms with Crippen LogP contribution in [0.25, 0.3) is 22.0 Å². The highest BCUT2D eigenvalue weighted by molar-refractivity contribution is 7.92. The molecule has 25 heavy (non-hydrogen) atoms. The zero-order chi connectivity index (χ0) is 17.7. The van der Waals surface area contributed by atoms with Gasteiger partial charge in [-0.15, -0.1) is 11.3 Å². The van der Waals surface area contributed by atoms with Crippen LogP contribution in [0.2, 0.25) is 0 Å². The van der Waals surface area contributed by atoms with Crippen LogP contribution in [0.15, 0.2) is 54.0 Å². The molecule has 1 aromatic carbocycles. The number of unbranched alkanes of at least 4 members (excludes halogenated alkanes) is 1. The molecule has 0 atom stereocenters. The number of sulfonamides is 1. The van der Waals surface area contributed by atoms with Crippen LogP contribution in [0.4, 0.5) is 5.69 Å². The van der Waals surface area contributed by atoms with Crippen LogP contribution in [-0.4, -0.2) is 24.1 Å². The predicted molar refractivity (Wildman–Crippen MR) is 103 cm³/mol. The largest absolute Gasteiger partial charge is 0.284 e. The average molecular weight is 374 g/mol. The van der Waals surface area contributed by atoms with Crippen LogP contribution in [0.3, 0.4) is 0 Å². The van der Waals surface area contributed by atoms with E-state index in [4.69, 9.17) is 0 Å². The number of pyridine rings is 1. The van der Waals surface area contributed by atoms with Gasteiger partial charge in [-0.2, -0.15) is 0 Å². The summed E-state index contributed by atoms with van der Waals surface area (Å²) >= 11 is 1.52. The molecule has 5 nitrogen and oxygen atoms in total. The van der Waals surface area contributed by atoms with E-state index in [1.807, 2.05) is 42.6 Å². The number of nitrogens with one attached hydrogen (secondary N) is 1. The van der Waals surface area contributed by atoms with Crippen molar-refractivity contribution in [2.24, 2.45) is 0 Å². The minimum Gasteiger partial charge on any atom is -0.284 e. The van der Waals surface area contributed by atoms with E-state index in [9.17, 15) is 8.42 Å². The van der Waals surface area contributed by atoms with Crippen molar-refractivity contribution in [1.29, 1.82) is 0 Å². The molecule has 0 aliphatic heterocycles. The Hall–Kier alpha value is -2.25. The van der Waals surface area contributed by atoms with E-state index >= 15 is 0 Å². The number of anilines is 1.